The van der Waals surface area contributed by atoms with Crippen molar-refractivity contribution < 1.29 is 8.42 Å². The minimum absolute atomic E-state index is 0.309. The maximum atomic E-state index is 13.1. The second-order valence-electron chi connectivity index (χ2n) is 5.61. The molecule has 3 aromatic carbocycles. The molecule has 0 aliphatic rings. The van der Waals surface area contributed by atoms with Crippen LogP contribution in [-0.4, -0.2) is 15.0 Å². The molecular formula is C19H18BrNO2S. The Hall–Kier alpha value is -1.85. The third-order valence-corrected chi connectivity index (χ3v) is 6.81. The van der Waals surface area contributed by atoms with Crippen LogP contribution in [0.5, 0.6) is 0 Å². The highest BCUT2D eigenvalue weighted by atomic mass is 79.9. The third-order valence-electron chi connectivity index (χ3n) is 4.03. The van der Waals surface area contributed by atoms with Gasteiger partial charge in [0.25, 0.3) is 10.0 Å². The molecule has 0 saturated carbocycles. The van der Waals surface area contributed by atoms with Gasteiger partial charge in [0, 0.05) is 11.0 Å². The van der Waals surface area contributed by atoms with E-state index in [2.05, 4.69) is 15.9 Å². The molecule has 24 heavy (non-hydrogen) atoms. The zero-order valence-corrected chi connectivity index (χ0v) is 15.9. The molecule has 0 amide bonds. The number of hydrogen-bond donors (Lipinski definition) is 0. The maximum Gasteiger partial charge on any atom is 0.264 e. The molecule has 0 N–H and O–H groups in total. The first-order valence-corrected chi connectivity index (χ1v) is 9.94. The molecule has 0 saturated heterocycles. The average molecular weight is 404 g/mol. The summed E-state index contributed by atoms with van der Waals surface area (Å²) in [7, 11) is -3.61. The molecule has 0 aliphatic carbocycles. The molecule has 0 heterocycles. The monoisotopic (exact) mass is 403 g/mol. The fourth-order valence-electron chi connectivity index (χ4n) is 2.73. The molecule has 0 atom stereocenters. The van der Waals surface area contributed by atoms with Crippen LogP contribution in [0.25, 0.3) is 10.8 Å². The van der Waals surface area contributed by atoms with Gasteiger partial charge in [-0.05, 0) is 60.5 Å². The highest BCUT2D eigenvalue weighted by Crippen LogP contribution is 2.28. The molecular weight excluding hydrogens is 386 g/mol. The van der Waals surface area contributed by atoms with Gasteiger partial charge in [0.15, 0.2) is 0 Å². The topological polar surface area (TPSA) is 37.4 Å². The van der Waals surface area contributed by atoms with Crippen molar-refractivity contribution in [3.8, 4) is 0 Å². The maximum absolute atomic E-state index is 13.1. The normalized spacial score (nSPS) is 11.6. The summed E-state index contributed by atoms with van der Waals surface area (Å²) in [5, 5.41) is 1.94. The van der Waals surface area contributed by atoms with Gasteiger partial charge >= 0.3 is 0 Å². The van der Waals surface area contributed by atoms with E-state index in [9.17, 15) is 8.42 Å². The van der Waals surface area contributed by atoms with Gasteiger partial charge in [0.05, 0.1) is 10.6 Å². The van der Waals surface area contributed by atoms with Crippen molar-refractivity contribution in [3.63, 3.8) is 0 Å². The number of anilines is 1. The number of sulfonamides is 1. The van der Waals surface area contributed by atoms with Crippen LogP contribution < -0.4 is 4.31 Å². The van der Waals surface area contributed by atoms with Crippen LogP contribution in [0.2, 0.25) is 0 Å². The van der Waals surface area contributed by atoms with Crippen LogP contribution in [0.1, 0.15) is 12.5 Å². The van der Waals surface area contributed by atoms with E-state index in [1.807, 2.05) is 62.4 Å². The second kappa shape index (κ2) is 6.57. The van der Waals surface area contributed by atoms with Gasteiger partial charge in [-0.2, -0.15) is 0 Å². The first-order valence-electron chi connectivity index (χ1n) is 7.71. The zero-order chi connectivity index (χ0) is 17.3. The Kier molecular flexibility index (Phi) is 4.65. The van der Waals surface area contributed by atoms with Gasteiger partial charge in [-0.3, -0.25) is 4.31 Å². The summed E-state index contributed by atoms with van der Waals surface area (Å²) >= 11 is 3.45. The lowest BCUT2D eigenvalue weighted by Gasteiger charge is -2.23. The van der Waals surface area contributed by atoms with E-state index in [0.29, 0.717) is 17.1 Å². The summed E-state index contributed by atoms with van der Waals surface area (Å²) in [6.45, 7) is 4.16. The minimum atomic E-state index is -3.61. The standard InChI is InChI=1S/C19H18BrNO2S/c1-3-21(17-9-11-19(20)14(2)12-17)24(22,23)18-10-8-15-6-4-5-7-16(15)13-18/h4-13H,3H2,1-2H3. The number of benzene rings is 3. The van der Waals surface area contributed by atoms with Crippen molar-refractivity contribution >= 4 is 42.4 Å². The van der Waals surface area contributed by atoms with E-state index < -0.39 is 10.0 Å². The van der Waals surface area contributed by atoms with Crippen LogP contribution in [0, 0.1) is 6.92 Å². The Bertz CT molecular complexity index is 999. The van der Waals surface area contributed by atoms with E-state index in [4.69, 9.17) is 0 Å². The summed E-state index contributed by atoms with van der Waals surface area (Å²) in [5.41, 5.74) is 1.67. The first kappa shape index (κ1) is 17.0. The Morgan fingerprint density at radius 1 is 0.958 bits per heavy atom. The number of fused-ring (bicyclic) bond motifs is 1. The molecule has 5 heteroatoms. The fraction of sp³-hybridized carbons (Fsp3) is 0.158. The average Bonchev–Trinajstić information content (AvgIpc) is 2.58. The molecule has 0 radical (unpaired) electrons. The Morgan fingerprint density at radius 2 is 1.67 bits per heavy atom. The largest absolute Gasteiger partial charge is 0.267 e. The van der Waals surface area contributed by atoms with Crippen LogP contribution in [0.15, 0.2) is 70.0 Å². The summed E-state index contributed by atoms with van der Waals surface area (Å²) < 4.78 is 28.6. The van der Waals surface area contributed by atoms with Crippen LogP contribution >= 0.6 is 15.9 Å². The number of aryl methyl sites for hydroxylation is 1. The zero-order valence-electron chi connectivity index (χ0n) is 13.5. The van der Waals surface area contributed by atoms with Gasteiger partial charge in [-0.25, -0.2) is 8.42 Å². The molecule has 3 aromatic rings. The Balaban J connectivity index is 2.10. The van der Waals surface area contributed by atoms with Gasteiger partial charge < -0.3 is 0 Å². The van der Waals surface area contributed by atoms with Crippen LogP contribution in [-0.2, 0) is 10.0 Å². The second-order valence-corrected chi connectivity index (χ2v) is 8.33. The number of hydrogen-bond acceptors (Lipinski definition) is 2. The molecule has 0 spiro atoms. The number of halogens is 1. The summed E-state index contributed by atoms with van der Waals surface area (Å²) in [6, 6.07) is 18.6. The predicted octanol–water partition coefficient (Wildman–Crippen LogP) is 5.13. The quantitative estimate of drug-likeness (QED) is 0.605. The summed E-state index contributed by atoms with van der Waals surface area (Å²) in [6.07, 6.45) is 0. The lowest BCUT2D eigenvalue weighted by Crippen LogP contribution is -2.30. The Labute approximate surface area is 151 Å². The number of nitrogens with zero attached hydrogens (tertiary/aromatic N) is 1. The molecule has 0 unspecified atom stereocenters. The van der Waals surface area contributed by atoms with Crippen LogP contribution in [0.3, 0.4) is 0 Å². The summed E-state index contributed by atoms with van der Waals surface area (Å²) in [5.74, 6) is 0. The predicted molar refractivity (Wildman–Crippen MR) is 103 cm³/mol. The Morgan fingerprint density at radius 3 is 2.33 bits per heavy atom. The van der Waals surface area contributed by atoms with E-state index in [1.54, 1.807) is 12.1 Å². The van der Waals surface area contributed by atoms with Crippen molar-refractivity contribution in [2.45, 2.75) is 18.7 Å². The highest BCUT2D eigenvalue weighted by molar-refractivity contribution is 9.10. The molecule has 3 rings (SSSR count). The van der Waals surface area contributed by atoms with Crippen molar-refractivity contribution in [1.29, 1.82) is 0 Å². The first-order chi connectivity index (χ1) is 11.4. The van der Waals surface area contributed by atoms with Crippen molar-refractivity contribution in [3.05, 3.63) is 70.7 Å². The smallest absolute Gasteiger partial charge is 0.264 e. The van der Waals surface area contributed by atoms with Gasteiger partial charge in [0.2, 0.25) is 0 Å². The van der Waals surface area contributed by atoms with Gasteiger partial charge in [-0.15, -0.1) is 0 Å². The molecule has 0 bridgehead atoms. The van der Waals surface area contributed by atoms with E-state index in [-0.39, 0.29) is 0 Å². The molecule has 0 aromatic heterocycles. The van der Waals surface area contributed by atoms with Crippen molar-refractivity contribution in [2.24, 2.45) is 0 Å². The minimum Gasteiger partial charge on any atom is -0.267 e. The van der Waals surface area contributed by atoms with Crippen molar-refractivity contribution in [1.82, 2.24) is 0 Å². The van der Waals surface area contributed by atoms with E-state index in [1.165, 1.54) is 4.31 Å². The highest BCUT2D eigenvalue weighted by Gasteiger charge is 2.24. The lowest BCUT2D eigenvalue weighted by atomic mass is 10.1. The fourth-order valence-corrected chi connectivity index (χ4v) is 4.48. The summed E-state index contributed by atoms with van der Waals surface area (Å²) in [4.78, 5) is 0.309. The van der Waals surface area contributed by atoms with E-state index in [0.717, 1.165) is 20.8 Å². The molecule has 0 aliphatic heterocycles. The lowest BCUT2D eigenvalue weighted by molar-refractivity contribution is 0.592. The van der Waals surface area contributed by atoms with Gasteiger partial charge in [-0.1, -0.05) is 46.3 Å². The number of rotatable bonds is 4. The van der Waals surface area contributed by atoms with Gasteiger partial charge in [0.1, 0.15) is 0 Å². The third kappa shape index (κ3) is 3.06. The van der Waals surface area contributed by atoms with E-state index >= 15 is 0 Å². The van der Waals surface area contributed by atoms with Crippen molar-refractivity contribution in [2.75, 3.05) is 10.8 Å². The molecule has 3 nitrogen and oxygen atoms in total. The molecule has 0 fully saturated rings. The SMILES string of the molecule is CCN(c1ccc(Br)c(C)c1)S(=O)(=O)c1ccc2ccccc2c1. The van der Waals surface area contributed by atoms with Crippen LogP contribution in [0.4, 0.5) is 5.69 Å². The molecule has 124 valence electrons.